The van der Waals surface area contributed by atoms with E-state index >= 15 is 0 Å². The Morgan fingerprint density at radius 2 is 1.86 bits per heavy atom. The Morgan fingerprint density at radius 1 is 1.18 bits per heavy atom. The molecule has 0 aliphatic carbocycles. The number of benzene rings is 1. The minimum atomic E-state index is -0.244. The largest absolute Gasteiger partial charge is 0.496 e. The van der Waals surface area contributed by atoms with Crippen molar-refractivity contribution in [3.05, 3.63) is 29.6 Å². The molecule has 0 saturated carbocycles. The van der Waals surface area contributed by atoms with Crippen molar-refractivity contribution in [3.8, 4) is 17.2 Å². The fourth-order valence-electron chi connectivity index (χ4n) is 3.35. The number of hydrogen-bond acceptors (Lipinski definition) is 7. The normalized spacial score (nSPS) is 14.5. The van der Waals surface area contributed by atoms with E-state index in [0.29, 0.717) is 41.9 Å². The van der Waals surface area contributed by atoms with Crippen molar-refractivity contribution in [2.24, 2.45) is 0 Å². The average Bonchev–Trinajstić information content (AvgIpc) is 3.24. The molecule has 1 aliphatic rings. The van der Waals surface area contributed by atoms with Gasteiger partial charge in [-0.1, -0.05) is 5.21 Å². The maximum absolute atomic E-state index is 12.4. The standard InChI is InChI=1S/C19H27N5O4/c1-26-14-10-17(27-2)15(18(11-14)28-3)6-9-21-19(25)16-12-24(23-22-16)13-4-7-20-8-5-13/h10-13,20H,4-9H2,1-3H3,(H,21,25). The third kappa shape index (κ3) is 4.53. The Kier molecular flexibility index (Phi) is 6.70. The lowest BCUT2D eigenvalue weighted by Gasteiger charge is -2.22. The molecule has 2 N–H and O–H groups in total. The molecular weight excluding hydrogens is 362 g/mol. The van der Waals surface area contributed by atoms with Gasteiger partial charge in [0.05, 0.1) is 33.6 Å². The topological polar surface area (TPSA) is 99.5 Å². The minimum Gasteiger partial charge on any atom is -0.496 e. The first kappa shape index (κ1) is 19.9. The Morgan fingerprint density at radius 3 is 2.46 bits per heavy atom. The summed E-state index contributed by atoms with van der Waals surface area (Å²) in [6.45, 7) is 2.33. The van der Waals surface area contributed by atoms with Crippen LogP contribution >= 0.6 is 0 Å². The SMILES string of the molecule is COc1cc(OC)c(CCNC(=O)c2cn(C3CCNCC3)nn2)c(OC)c1. The number of rotatable bonds is 8. The monoisotopic (exact) mass is 389 g/mol. The smallest absolute Gasteiger partial charge is 0.273 e. The highest BCUT2D eigenvalue weighted by Crippen LogP contribution is 2.34. The zero-order chi connectivity index (χ0) is 19.9. The third-order valence-electron chi connectivity index (χ3n) is 4.90. The second-order valence-electron chi connectivity index (χ2n) is 6.58. The van der Waals surface area contributed by atoms with Crippen molar-refractivity contribution < 1.29 is 19.0 Å². The van der Waals surface area contributed by atoms with Crippen molar-refractivity contribution in [2.75, 3.05) is 41.0 Å². The lowest BCUT2D eigenvalue weighted by Crippen LogP contribution is -2.29. The Hall–Kier alpha value is -2.81. The number of piperidine rings is 1. The van der Waals surface area contributed by atoms with Crippen LogP contribution in [0.4, 0.5) is 0 Å². The Balaban J connectivity index is 1.60. The van der Waals surface area contributed by atoms with Crippen molar-refractivity contribution in [1.82, 2.24) is 25.6 Å². The lowest BCUT2D eigenvalue weighted by atomic mass is 10.1. The molecule has 0 spiro atoms. The molecule has 1 aromatic heterocycles. The number of nitrogens with one attached hydrogen (secondary N) is 2. The predicted molar refractivity (Wildman–Crippen MR) is 103 cm³/mol. The quantitative estimate of drug-likeness (QED) is 0.700. The van der Waals surface area contributed by atoms with Crippen LogP contribution in [-0.4, -0.2) is 61.9 Å². The van der Waals surface area contributed by atoms with Gasteiger partial charge in [-0.3, -0.25) is 4.79 Å². The van der Waals surface area contributed by atoms with Gasteiger partial charge < -0.3 is 24.8 Å². The van der Waals surface area contributed by atoms with Gasteiger partial charge in [0.25, 0.3) is 5.91 Å². The first-order valence-corrected chi connectivity index (χ1v) is 9.36. The molecule has 2 heterocycles. The minimum absolute atomic E-state index is 0.244. The number of carbonyl (C=O) groups is 1. The molecule has 1 aromatic carbocycles. The molecule has 0 bridgehead atoms. The predicted octanol–water partition coefficient (Wildman–Crippen LogP) is 1.20. The van der Waals surface area contributed by atoms with Gasteiger partial charge in [-0.05, 0) is 32.4 Å². The molecule has 9 nitrogen and oxygen atoms in total. The van der Waals surface area contributed by atoms with Crippen LogP contribution in [0.1, 0.15) is 34.9 Å². The van der Waals surface area contributed by atoms with Crippen LogP contribution in [0.25, 0.3) is 0 Å². The molecule has 0 radical (unpaired) electrons. The third-order valence-corrected chi connectivity index (χ3v) is 4.90. The summed E-state index contributed by atoms with van der Waals surface area (Å²) in [6.07, 6.45) is 4.24. The van der Waals surface area contributed by atoms with Crippen LogP contribution in [0.5, 0.6) is 17.2 Å². The van der Waals surface area contributed by atoms with Gasteiger partial charge in [0, 0.05) is 24.2 Å². The van der Waals surface area contributed by atoms with Crippen LogP contribution in [0.2, 0.25) is 0 Å². The maximum Gasteiger partial charge on any atom is 0.273 e. The van der Waals surface area contributed by atoms with Gasteiger partial charge in [-0.2, -0.15) is 0 Å². The summed E-state index contributed by atoms with van der Waals surface area (Å²) in [5.74, 6) is 1.72. The Labute approximate surface area is 164 Å². The van der Waals surface area contributed by atoms with Gasteiger partial charge in [0.2, 0.25) is 0 Å². The zero-order valence-electron chi connectivity index (χ0n) is 16.5. The van der Waals surface area contributed by atoms with E-state index in [1.54, 1.807) is 44.3 Å². The van der Waals surface area contributed by atoms with Crippen molar-refractivity contribution in [2.45, 2.75) is 25.3 Å². The number of nitrogens with zero attached hydrogens (tertiary/aromatic N) is 3. The molecule has 28 heavy (non-hydrogen) atoms. The summed E-state index contributed by atoms with van der Waals surface area (Å²) < 4.78 is 17.9. The average molecular weight is 389 g/mol. The van der Waals surface area contributed by atoms with Crippen molar-refractivity contribution in [3.63, 3.8) is 0 Å². The van der Waals surface area contributed by atoms with Gasteiger partial charge >= 0.3 is 0 Å². The zero-order valence-corrected chi connectivity index (χ0v) is 16.5. The van der Waals surface area contributed by atoms with Crippen molar-refractivity contribution in [1.29, 1.82) is 0 Å². The first-order valence-electron chi connectivity index (χ1n) is 9.36. The first-order chi connectivity index (χ1) is 13.7. The number of amides is 1. The highest BCUT2D eigenvalue weighted by Gasteiger charge is 2.19. The molecule has 1 aliphatic heterocycles. The van der Waals surface area contributed by atoms with Crippen LogP contribution in [-0.2, 0) is 6.42 Å². The number of methoxy groups -OCH3 is 3. The number of ether oxygens (including phenoxy) is 3. The van der Waals surface area contributed by atoms with Crippen LogP contribution < -0.4 is 24.8 Å². The summed E-state index contributed by atoms with van der Waals surface area (Å²) in [5, 5.41) is 14.3. The second kappa shape index (κ2) is 9.41. The van der Waals surface area contributed by atoms with E-state index in [4.69, 9.17) is 14.2 Å². The number of hydrogen-bond donors (Lipinski definition) is 2. The lowest BCUT2D eigenvalue weighted by molar-refractivity contribution is 0.0949. The van der Waals surface area contributed by atoms with Gasteiger partial charge in [0.1, 0.15) is 17.2 Å². The van der Waals surface area contributed by atoms with E-state index in [1.165, 1.54) is 0 Å². The summed E-state index contributed by atoms with van der Waals surface area (Å²) >= 11 is 0. The van der Waals surface area contributed by atoms with Crippen LogP contribution in [0.15, 0.2) is 18.3 Å². The second-order valence-corrected chi connectivity index (χ2v) is 6.58. The van der Waals surface area contributed by atoms with Crippen LogP contribution in [0.3, 0.4) is 0 Å². The fourth-order valence-corrected chi connectivity index (χ4v) is 3.35. The molecule has 152 valence electrons. The molecule has 3 rings (SSSR count). The highest BCUT2D eigenvalue weighted by atomic mass is 16.5. The summed E-state index contributed by atoms with van der Waals surface area (Å²) in [4.78, 5) is 12.4. The molecule has 0 unspecified atom stereocenters. The number of aromatic nitrogens is 3. The highest BCUT2D eigenvalue weighted by molar-refractivity contribution is 5.91. The molecular formula is C19H27N5O4. The fraction of sp³-hybridized carbons (Fsp3) is 0.526. The van der Waals surface area contributed by atoms with E-state index in [0.717, 1.165) is 31.5 Å². The Bertz CT molecular complexity index is 776. The maximum atomic E-state index is 12.4. The number of carbonyl (C=O) groups excluding carboxylic acids is 1. The van der Waals surface area contributed by atoms with Gasteiger partial charge in [-0.15, -0.1) is 5.10 Å². The molecule has 1 amide bonds. The van der Waals surface area contributed by atoms with Gasteiger partial charge in [0.15, 0.2) is 5.69 Å². The van der Waals surface area contributed by atoms with Crippen molar-refractivity contribution >= 4 is 5.91 Å². The van der Waals surface area contributed by atoms with Gasteiger partial charge in [-0.25, -0.2) is 4.68 Å². The van der Waals surface area contributed by atoms with E-state index in [1.807, 2.05) is 0 Å². The van der Waals surface area contributed by atoms with E-state index in [9.17, 15) is 4.79 Å². The molecule has 2 aromatic rings. The summed E-state index contributed by atoms with van der Waals surface area (Å²) in [7, 11) is 4.77. The molecule has 9 heteroatoms. The summed E-state index contributed by atoms with van der Waals surface area (Å²) in [6, 6.07) is 3.89. The molecule has 0 atom stereocenters. The van der Waals surface area contributed by atoms with E-state index < -0.39 is 0 Å². The summed E-state index contributed by atoms with van der Waals surface area (Å²) in [5.41, 5.74) is 1.19. The van der Waals surface area contributed by atoms with E-state index in [2.05, 4.69) is 20.9 Å². The van der Waals surface area contributed by atoms with Crippen LogP contribution in [0, 0.1) is 0 Å². The van der Waals surface area contributed by atoms with E-state index in [-0.39, 0.29) is 5.91 Å². The molecule has 1 fully saturated rings. The molecule has 1 saturated heterocycles.